The number of ether oxygens (including phenoxy) is 1. The Morgan fingerprint density at radius 1 is 0.758 bits per heavy atom. The maximum atomic E-state index is 10.5. The van der Waals surface area contributed by atoms with Gasteiger partial charge in [-0.25, -0.2) is 9.59 Å². The summed E-state index contributed by atoms with van der Waals surface area (Å²) in [5, 5.41) is 16.2. The molecule has 3 rings (SSSR count). The standard InChI is InChI=1S/C15H10N2O2.C6H10O2.C4H10O2/c18-10-16-14-5-1-12(2-6-14)9-13-3-7-15(8-4-13)17-11-19;7-6-4-2-1-3-5-8-6;5-3-1-2-4-6/h1-8H,9H2;1-5H2;5-6H,1-4H2. The molecule has 0 unspecified atom stereocenters. The van der Waals surface area contributed by atoms with Crippen LogP contribution in [0, 0.1) is 0 Å². The van der Waals surface area contributed by atoms with Gasteiger partial charge in [0.25, 0.3) is 0 Å². The summed E-state index contributed by atoms with van der Waals surface area (Å²) >= 11 is 0. The van der Waals surface area contributed by atoms with E-state index in [1.54, 1.807) is 24.3 Å². The summed E-state index contributed by atoms with van der Waals surface area (Å²) in [5.74, 6) is -0.0255. The molecule has 8 heteroatoms. The van der Waals surface area contributed by atoms with Crippen LogP contribution in [0.5, 0.6) is 0 Å². The summed E-state index contributed by atoms with van der Waals surface area (Å²) < 4.78 is 4.76. The van der Waals surface area contributed by atoms with Crippen LogP contribution in [-0.4, -0.2) is 48.2 Å². The molecule has 1 fully saturated rings. The average molecular weight is 455 g/mol. The molecule has 0 saturated carbocycles. The molecule has 1 aliphatic heterocycles. The predicted octanol–water partition coefficient (Wildman–Crippen LogP) is 4.07. The van der Waals surface area contributed by atoms with Crippen LogP contribution in [0.2, 0.25) is 0 Å². The smallest absolute Gasteiger partial charge is 0.305 e. The summed E-state index contributed by atoms with van der Waals surface area (Å²) in [5.41, 5.74) is 3.40. The van der Waals surface area contributed by atoms with Crippen molar-refractivity contribution in [3.63, 3.8) is 0 Å². The van der Waals surface area contributed by atoms with Crippen LogP contribution in [0.4, 0.5) is 11.4 Å². The quantitative estimate of drug-likeness (QED) is 0.281. The van der Waals surface area contributed by atoms with Gasteiger partial charge in [0.2, 0.25) is 12.2 Å². The minimum absolute atomic E-state index is 0.0255. The Hall–Kier alpha value is -3.41. The van der Waals surface area contributed by atoms with Crippen molar-refractivity contribution in [2.75, 3.05) is 19.8 Å². The van der Waals surface area contributed by atoms with Crippen LogP contribution in [-0.2, 0) is 25.5 Å². The van der Waals surface area contributed by atoms with E-state index in [0.717, 1.165) is 49.7 Å². The summed E-state index contributed by atoms with van der Waals surface area (Å²) in [7, 11) is 0. The highest BCUT2D eigenvalue weighted by atomic mass is 16.5. The van der Waals surface area contributed by atoms with E-state index in [0.29, 0.717) is 24.4 Å². The largest absolute Gasteiger partial charge is 0.466 e. The monoisotopic (exact) mass is 454 g/mol. The molecule has 0 amide bonds. The Kier molecular flexibility index (Phi) is 15.2. The number of isocyanates is 2. The predicted molar refractivity (Wildman–Crippen MR) is 124 cm³/mol. The van der Waals surface area contributed by atoms with Gasteiger partial charge in [0.15, 0.2) is 0 Å². The number of cyclic esters (lactones) is 1. The second-order valence-corrected chi connectivity index (χ2v) is 7.10. The van der Waals surface area contributed by atoms with E-state index in [2.05, 4.69) is 9.98 Å². The van der Waals surface area contributed by atoms with Crippen LogP contribution in [0.1, 0.15) is 49.7 Å². The third-order valence-corrected chi connectivity index (χ3v) is 4.48. The molecule has 0 bridgehead atoms. The number of nitrogens with zero attached hydrogens (tertiary/aromatic N) is 2. The molecule has 0 atom stereocenters. The molecule has 0 aliphatic carbocycles. The van der Waals surface area contributed by atoms with Crippen molar-refractivity contribution in [2.24, 2.45) is 9.98 Å². The van der Waals surface area contributed by atoms with Gasteiger partial charge in [-0.15, -0.1) is 0 Å². The molecule has 1 aliphatic rings. The van der Waals surface area contributed by atoms with Crippen molar-refractivity contribution in [1.82, 2.24) is 0 Å². The zero-order valence-electron chi connectivity index (χ0n) is 18.6. The number of aliphatic hydroxyl groups excluding tert-OH is 2. The Morgan fingerprint density at radius 3 is 1.67 bits per heavy atom. The lowest BCUT2D eigenvalue weighted by Crippen LogP contribution is -2.00. The summed E-state index contributed by atoms with van der Waals surface area (Å²) in [6, 6.07) is 14.7. The highest BCUT2D eigenvalue weighted by Gasteiger charge is 2.05. The molecular formula is C25H30N2O6. The molecule has 0 spiro atoms. The number of rotatable bonds is 7. The summed E-state index contributed by atoms with van der Waals surface area (Å²) in [6.07, 6.45) is 9.04. The Labute approximate surface area is 193 Å². The summed E-state index contributed by atoms with van der Waals surface area (Å²) in [6.45, 7) is 1.03. The SMILES string of the molecule is O=C1CCCCCO1.O=C=Nc1ccc(Cc2ccc(N=C=O)cc2)cc1.OCCCCO. The highest BCUT2D eigenvalue weighted by molar-refractivity contribution is 5.69. The lowest BCUT2D eigenvalue weighted by Gasteiger charge is -2.02. The lowest BCUT2D eigenvalue weighted by atomic mass is 10.0. The first-order valence-corrected chi connectivity index (χ1v) is 10.8. The van der Waals surface area contributed by atoms with Gasteiger partial charge in [0, 0.05) is 19.6 Å². The first kappa shape index (κ1) is 27.6. The van der Waals surface area contributed by atoms with E-state index in [-0.39, 0.29) is 19.2 Å². The van der Waals surface area contributed by atoms with Crippen LogP contribution in [0.25, 0.3) is 0 Å². The summed E-state index contributed by atoms with van der Waals surface area (Å²) in [4.78, 5) is 37.7. The van der Waals surface area contributed by atoms with Crippen molar-refractivity contribution in [3.05, 3.63) is 59.7 Å². The van der Waals surface area contributed by atoms with Gasteiger partial charge in [0.05, 0.1) is 18.0 Å². The zero-order valence-corrected chi connectivity index (χ0v) is 18.6. The number of benzene rings is 2. The molecule has 2 N–H and O–H groups in total. The molecule has 0 aromatic heterocycles. The fourth-order valence-corrected chi connectivity index (χ4v) is 2.75. The van der Waals surface area contributed by atoms with Gasteiger partial charge in [-0.05, 0) is 73.9 Å². The normalized spacial score (nSPS) is 12.2. The molecule has 33 heavy (non-hydrogen) atoms. The molecule has 8 nitrogen and oxygen atoms in total. The van der Waals surface area contributed by atoms with Gasteiger partial charge < -0.3 is 14.9 Å². The van der Waals surface area contributed by atoms with E-state index in [1.165, 1.54) is 12.2 Å². The van der Waals surface area contributed by atoms with E-state index in [4.69, 9.17) is 14.9 Å². The van der Waals surface area contributed by atoms with Crippen molar-refractivity contribution in [3.8, 4) is 0 Å². The van der Waals surface area contributed by atoms with Gasteiger partial charge in [-0.3, -0.25) is 4.79 Å². The second-order valence-electron chi connectivity index (χ2n) is 7.10. The van der Waals surface area contributed by atoms with Crippen molar-refractivity contribution in [2.45, 2.75) is 44.9 Å². The number of carbonyl (C=O) groups excluding carboxylic acids is 3. The number of esters is 1. The minimum Gasteiger partial charge on any atom is -0.466 e. The second kappa shape index (κ2) is 18.2. The van der Waals surface area contributed by atoms with Gasteiger partial charge in [-0.2, -0.15) is 9.98 Å². The Bertz CT molecular complexity index is 826. The van der Waals surface area contributed by atoms with Crippen molar-refractivity contribution >= 4 is 29.5 Å². The highest BCUT2D eigenvalue weighted by Crippen LogP contribution is 2.17. The minimum atomic E-state index is -0.0255. The van der Waals surface area contributed by atoms with Crippen molar-refractivity contribution in [1.29, 1.82) is 0 Å². The average Bonchev–Trinajstić information content (AvgIpc) is 3.09. The van der Waals surface area contributed by atoms with E-state index >= 15 is 0 Å². The van der Waals surface area contributed by atoms with Crippen LogP contribution >= 0.6 is 0 Å². The molecule has 2 aromatic rings. The number of unbranched alkanes of at least 4 members (excludes halogenated alkanes) is 1. The number of hydrogen-bond acceptors (Lipinski definition) is 8. The number of aliphatic imine (C=N–C) groups is 2. The Balaban J connectivity index is 0.000000319. The van der Waals surface area contributed by atoms with Gasteiger partial charge in [0.1, 0.15) is 0 Å². The number of aliphatic hydroxyl groups is 2. The topological polar surface area (TPSA) is 126 Å². The third kappa shape index (κ3) is 13.6. The molecular weight excluding hydrogens is 424 g/mol. The zero-order chi connectivity index (χ0) is 24.2. The maximum absolute atomic E-state index is 10.5. The van der Waals surface area contributed by atoms with Crippen molar-refractivity contribution < 1.29 is 29.3 Å². The fraction of sp³-hybridized carbons (Fsp3) is 0.400. The molecule has 1 heterocycles. The van der Waals surface area contributed by atoms with Gasteiger partial charge in [-0.1, -0.05) is 24.3 Å². The van der Waals surface area contributed by atoms with E-state index in [1.807, 2.05) is 24.3 Å². The molecule has 1 saturated heterocycles. The maximum Gasteiger partial charge on any atom is 0.305 e. The number of hydrogen-bond donors (Lipinski definition) is 2. The Morgan fingerprint density at radius 2 is 1.24 bits per heavy atom. The first-order valence-electron chi connectivity index (χ1n) is 10.8. The fourth-order valence-electron chi connectivity index (χ4n) is 2.75. The number of carbonyl (C=O) groups is 1. The third-order valence-electron chi connectivity index (χ3n) is 4.48. The van der Waals surface area contributed by atoms with Crippen LogP contribution in [0.3, 0.4) is 0 Å². The molecule has 176 valence electrons. The molecule has 0 radical (unpaired) electrons. The van der Waals surface area contributed by atoms with E-state index in [9.17, 15) is 14.4 Å². The first-order chi connectivity index (χ1) is 16.1. The van der Waals surface area contributed by atoms with E-state index < -0.39 is 0 Å². The van der Waals surface area contributed by atoms with Gasteiger partial charge >= 0.3 is 5.97 Å². The van der Waals surface area contributed by atoms with Crippen LogP contribution < -0.4 is 0 Å². The van der Waals surface area contributed by atoms with Crippen LogP contribution in [0.15, 0.2) is 58.5 Å². The lowest BCUT2D eigenvalue weighted by molar-refractivity contribution is -0.142. The molecule has 2 aromatic carbocycles.